The fraction of sp³-hybridized carbons (Fsp3) is 0.348. The van der Waals surface area contributed by atoms with Crippen molar-refractivity contribution in [2.75, 3.05) is 18.4 Å². The van der Waals surface area contributed by atoms with E-state index in [0.29, 0.717) is 36.1 Å². The second-order valence-corrected chi connectivity index (χ2v) is 8.41. The van der Waals surface area contributed by atoms with Crippen molar-refractivity contribution >= 4 is 35.2 Å². The molecule has 0 saturated carbocycles. The number of carbonyl (C=O) groups excluding carboxylic acids is 1. The van der Waals surface area contributed by atoms with Crippen LogP contribution in [0.15, 0.2) is 54.6 Å². The van der Waals surface area contributed by atoms with Gasteiger partial charge in [0.25, 0.3) is 0 Å². The quantitative estimate of drug-likeness (QED) is 0.344. The van der Waals surface area contributed by atoms with E-state index in [0.717, 1.165) is 29.5 Å². The average molecular weight is 419 g/mol. The third-order valence-electron chi connectivity index (χ3n) is 4.74. The van der Waals surface area contributed by atoms with E-state index >= 15 is 0 Å². The van der Waals surface area contributed by atoms with Gasteiger partial charge in [-0.05, 0) is 50.1 Å². The van der Waals surface area contributed by atoms with Crippen molar-refractivity contribution in [1.29, 1.82) is 0 Å². The molecular formula is C23H28Cl2N2O. The molecule has 2 aromatic carbocycles. The fourth-order valence-electron chi connectivity index (χ4n) is 3.31. The largest absolute Gasteiger partial charge is 0.384 e. The first kappa shape index (κ1) is 22.5. The minimum atomic E-state index is -0.266. The molecule has 0 aliphatic rings. The maximum Gasteiger partial charge on any atom is 0.120 e. The summed E-state index contributed by atoms with van der Waals surface area (Å²) in [6.45, 7) is 10.1. The van der Waals surface area contributed by atoms with Gasteiger partial charge in [0.05, 0.1) is 0 Å². The first-order valence-corrected chi connectivity index (χ1v) is 10.1. The maximum absolute atomic E-state index is 11.5. The number of rotatable bonds is 11. The molecule has 28 heavy (non-hydrogen) atoms. The lowest BCUT2D eigenvalue weighted by Gasteiger charge is -2.34. The Labute approximate surface area is 178 Å². The van der Waals surface area contributed by atoms with Crippen molar-refractivity contribution in [3.05, 3.63) is 75.8 Å². The molecule has 0 spiro atoms. The number of hydrogen-bond donors (Lipinski definition) is 2. The van der Waals surface area contributed by atoms with E-state index in [9.17, 15) is 4.79 Å². The Kier molecular flexibility index (Phi) is 8.56. The zero-order chi connectivity index (χ0) is 20.6. The average Bonchev–Trinajstić information content (AvgIpc) is 2.63. The van der Waals surface area contributed by atoms with Gasteiger partial charge in [-0.1, -0.05) is 52.5 Å². The number of aldehydes is 1. The van der Waals surface area contributed by atoms with Crippen molar-refractivity contribution in [2.24, 2.45) is 5.41 Å². The van der Waals surface area contributed by atoms with E-state index in [4.69, 9.17) is 23.2 Å². The lowest BCUT2D eigenvalue weighted by Crippen LogP contribution is -2.40. The Bertz CT molecular complexity index is 805. The van der Waals surface area contributed by atoms with Crippen LogP contribution in [0.3, 0.4) is 0 Å². The standard InChI is InChI=1S/C23H28Cl2N2O/c1-17(2)13-23(10-11-28,16-27-21-8-4-18(3)5-9-21)15-26-14-19-6-7-20(24)12-22(19)25/h4-9,11-12,26-27H,1,10,13-16H2,2-3H3. The van der Waals surface area contributed by atoms with Gasteiger partial charge in [0, 0.05) is 47.2 Å². The van der Waals surface area contributed by atoms with Gasteiger partial charge in [-0.3, -0.25) is 0 Å². The monoisotopic (exact) mass is 418 g/mol. The van der Waals surface area contributed by atoms with Crippen LogP contribution in [0, 0.1) is 12.3 Å². The van der Waals surface area contributed by atoms with Crippen molar-refractivity contribution in [2.45, 2.75) is 33.2 Å². The highest BCUT2D eigenvalue weighted by molar-refractivity contribution is 6.35. The maximum atomic E-state index is 11.5. The molecule has 0 fully saturated rings. The Balaban J connectivity index is 2.08. The molecule has 2 N–H and O–H groups in total. The summed E-state index contributed by atoms with van der Waals surface area (Å²) < 4.78 is 0. The zero-order valence-corrected chi connectivity index (χ0v) is 18.0. The number of halogens is 2. The first-order chi connectivity index (χ1) is 13.3. The second kappa shape index (κ2) is 10.7. The zero-order valence-electron chi connectivity index (χ0n) is 16.5. The van der Waals surface area contributed by atoms with E-state index < -0.39 is 0 Å². The highest BCUT2D eigenvalue weighted by Gasteiger charge is 2.29. The van der Waals surface area contributed by atoms with Crippen molar-refractivity contribution in [1.82, 2.24) is 5.32 Å². The molecule has 150 valence electrons. The molecule has 5 heteroatoms. The minimum Gasteiger partial charge on any atom is -0.384 e. The Morgan fingerprint density at radius 2 is 1.86 bits per heavy atom. The Hall–Kier alpha value is -1.81. The molecule has 0 aliphatic heterocycles. The van der Waals surface area contributed by atoms with Gasteiger partial charge in [0.15, 0.2) is 0 Å². The molecule has 0 saturated heterocycles. The third-order valence-corrected chi connectivity index (χ3v) is 5.33. The highest BCUT2D eigenvalue weighted by Crippen LogP contribution is 2.30. The van der Waals surface area contributed by atoms with Crippen molar-refractivity contribution in [3.8, 4) is 0 Å². The number of allylic oxidation sites excluding steroid dienone is 1. The van der Waals surface area contributed by atoms with Crippen LogP contribution in [-0.4, -0.2) is 19.4 Å². The highest BCUT2D eigenvalue weighted by atomic mass is 35.5. The third kappa shape index (κ3) is 6.97. The van der Waals surface area contributed by atoms with Crippen molar-refractivity contribution in [3.63, 3.8) is 0 Å². The molecule has 0 aliphatic carbocycles. The number of anilines is 1. The number of aryl methyl sites for hydroxylation is 1. The van der Waals surface area contributed by atoms with E-state index in [2.05, 4.69) is 48.4 Å². The van der Waals surface area contributed by atoms with Crippen LogP contribution in [0.25, 0.3) is 0 Å². The number of nitrogens with one attached hydrogen (secondary N) is 2. The molecule has 0 heterocycles. The van der Waals surface area contributed by atoms with E-state index in [1.807, 2.05) is 19.1 Å². The summed E-state index contributed by atoms with van der Waals surface area (Å²) in [4.78, 5) is 11.5. The van der Waals surface area contributed by atoms with Gasteiger partial charge in [0.1, 0.15) is 6.29 Å². The summed E-state index contributed by atoms with van der Waals surface area (Å²) >= 11 is 12.2. The van der Waals surface area contributed by atoms with E-state index in [1.54, 1.807) is 6.07 Å². The predicted molar refractivity (Wildman–Crippen MR) is 120 cm³/mol. The normalized spacial score (nSPS) is 13.0. The van der Waals surface area contributed by atoms with Crippen LogP contribution in [0.4, 0.5) is 5.69 Å². The van der Waals surface area contributed by atoms with Crippen LogP contribution in [0.2, 0.25) is 10.0 Å². The summed E-state index contributed by atoms with van der Waals surface area (Å²) in [6.07, 6.45) is 2.20. The molecule has 3 nitrogen and oxygen atoms in total. The molecule has 0 amide bonds. The summed E-state index contributed by atoms with van der Waals surface area (Å²) in [6, 6.07) is 13.8. The molecule has 0 bridgehead atoms. The first-order valence-electron chi connectivity index (χ1n) is 9.37. The van der Waals surface area contributed by atoms with Crippen LogP contribution in [-0.2, 0) is 11.3 Å². The molecule has 2 rings (SSSR count). The van der Waals surface area contributed by atoms with Crippen molar-refractivity contribution < 1.29 is 4.79 Å². The SMILES string of the molecule is C=C(C)CC(CC=O)(CNCc1ccc(Cl)cc1Cl)CNc1ccc(C)cc1. The van der Waals surface area contributed by atoms with E-state index in [-0.39, 0.29) is 5.41 Å². The van der Waals surface area contributed by atoms with Crippen LogP contribution >= 0.6 is 23.2 Å². The van der Waals surface area contributed by atoms with Gasteiger partial charge in [-0.2, -0.15) is 0 Å². The summed E-state index contributed by atoms with van der Waals surface area (Å²) in [5.41, 5.74) is 4.03. The molecule has 2 aromatic rings. The van der Waals surface area contributed by atoms with Crippen LogP contribution < -0.4 is 10.6 Å². The van der Waals surface area contributed by atoms with Gasteiger partial charge in [-0.15, -0.1) is 6.58 Å². The van der Waals surface area contributed by atoms with Gasteiger partial charge in [-0.25, -0.2) is 0 Å². The minimum absolute atomic E-state index is 0.266. The predicted octanol–water partition coefficient (Wildman–Crippen LogP) is 6.05. The van der Waals surface area contributed by atoms with Gasteiger partial charge >= 0.3 is 0 Å². The Morgan fingerprint density at radius 1 is 1.14 bits per heavy atom. The number of hydrogen-bond acceptors (Lipinski definition) is 3. The molecular weight excluding hydrogens is 391 g/mol. The van der Waals surface area contributed by atoms with Gasteiger partial charge in [0.2, 0.25) is 0 Å². The van der Waals surface area contributed by atoms with Crippen LogP contribution in [0.5, 0.6) is 0 Å². The Morgan fingerprint density at radius 3 is 2.46 bits per heavy atom. The smallest absolute Gasteiger partial charge is 0.120 e. The van der Waals surface area contributed by atoms with Crippen LogP contribution in [0.1, 0.15) is 30.9 Å². The molecule has 1 atom stereocenters. The topological polar surface area (TPSA) is 41.1 Å². The fourth-order valence-corrected chi connectivity index (χ4v) is 3.78. The lowest BCUT2D eigenvalue weighted by atomic mass is 9.79. The summed E-state index contributed by atoms with van der Waals surface area (Å²) in [5.74, 6) is 0. The molecule has 0 radical (unpaired) electrons. The van der Waals surface area contributed by atoms with Gasteiger partial charge < -0.3 is 15.4 Å². The molecule has 1 unspecified atom stereocenters. The summed E-state index contributed by atoms with van der Waals surface area (Å²) in [5, 5.41) is 8.21. The molecule has 0 aromatic heterocycles. The van der Waals surface area contributed by atoms with E-state index in [1.165, 1.54) is 5.56 Å². The second-order valence-electron chi connectivity index (χ2n) is 7.56. The lowest BCUT2D eigenvalue weighted by molar-refractivity contribution is -0.109. The number of benzene rings is 2. The number of carbonyl (C=O) groups is 1. The summed E-state index contributed by atoms with van der Waals surface area (Å²) in [7, 11) is 0.